The molecule has 1 atom stereocenters. The van der Waals surface area contributed by atoms with Crippen molar-refractivity contribution in [3.05, 3.63) is 28.7 Å². The molecule has 19 heavy (non-hydrogen) atoms. The zero-order valence-corrected chi connectivity index (χ0v) is 10.6. The lowest BCUT2D eigenvalue weighted by Gasteiger charge is -2.19. The molecule has 0 fully saturated rings. The Morgan fingerprint density at radius 3 is 2.95 bits per heavy atom. The number of hydrogen-bond donors (Lipinski definition) is 1. The summed E-state index contributed by atoms with van der Waals surface area (Å²) in [4.78, 5) is 27.0. The number of H-pyrrole nitrogens is 1. The lowest BCUT2D eigenvalue weighted by atomic mass is 10.1. The van der Waals surface area contributed by atoms with E-state index in [1.807, 2.05) is 6.07 Å². The average molecular weight is 259 g/mol. The summed E-state index contributed by atoms with van der Waals surface area (Å²) in [6, 6.07) is 6.91. The first-order valence-corrected chi connectivity index (χ1v) is 5.87. The van der Waals surface area contributed by atoms with Crippen molar-refractivity contribution in [2.24, 2.45) is 5.92 Å². The van der Waals surface area contributed by atoms with Gasteiger partial charge in [-0.05, 0) is 18.6 Å². The fraction of sp³-hybridized carbons (Fsp3) is 0.308. The molecule has 1 aromatic heterocycles. The molecule has 1 amide bonds. The maximum absolute atomic E-state index is 12.1. The molecular weight excluding hydrogens is 246 g/mol. The summed E-state index contributed by atoms with van der Waals surface area (Å²) in [6.07, 6.45) is 0.459. The molecule has 2 aromatic rings. The third-order valence-corrected chi connectivity index (χ3v) is 2.98. The third-order valence-electron chi connectivity index (χ3n) is 2.98. The Kier molecular flexibility index (Phi) is 3.38. The van der Waals surface area contributed by atoms with Crippen LogP contribution < -0.4 is 10.7 Å². The maximum Gasteiger partial charge on any atom is 0.417 e. The van der Waals surface area contributed by atoms with Gasteiger partial charge in [0.05, 0.1) is 11.6 Å². The van der Waals surface area contributed by atoms with Gasteiger partial charge in [0.1, 0.15) is 5.92 Å². The normalized spacial score (nSPS) is 12.1. The summed E-state index contributed by atoms with van der Waals surface area (Å²) in [5.74, 6) is -1.48. The van der Waals surface area contributed by atoms with Gasteiger partial charge in [0.25, 0.3) is 0 Å². The summed E-state index contributed by atoms with van der Waals surface area (Å²) < 4.78 is 4.94. The average Bonchev–Trinajstić information content (AvgIpc) is 2.78. The van der Waals surface area contributed by atoms with Crippen molar-refractivity contribution < 1.29 is 9.21 Å². The molecule has 1 N–H and O–H groups in total. The standard InChI is InChI=1S/C13H13N3O3/c1-3-8(7-14)12(17)16(2)9-4-5-10-11(6-9)19-13(18)15-10/h4-6,8H,3H2,1-2H3,(H,15,18). The summed E-state index contributed by atoms with van der Waals surface area (Å²) in [7, 11) is 1.59. The van der Waals surface area contributed by atoms with Crippen LogP contribution in [0.25, 0.3) is 11.1 Å². The second-order valence-electron chi connectivity index (χ2n) is 4.18. The van der Waals surface area contributed by atoms with Crippen molar-refractivity contribution in [2.75, 3.05) is 11.9 Å². The smallest absolute Gasteiger partial charge is 0.408 e. The minimum absolute atomic E-state index is 0.276. The van der Waals surface area contributed by atoms with Crippen molar-refractivity contribution in [1.82, 2.24) is 4.98 Å². The Morgan fingerprint density at radius 2 is 2.32 bits per heavy atom. The van der Waals surface area contributed by atoms with Crippen molar-refractivity contribution in [2.45, 2.75) is 13.3 Å². The maximum atomic E-state index is 12.1. The number of carbonyl (C=O) groups excluding carboxylic acids is 1. The topological polar surface area (TPSA) is 90.1 Å². The predicted octanol–water partition coefficient (Wildman–Crippen LogP) is 1.63. The molecule has 6 heteroatoms. The van der Waals surface area contributed by atoms with Crippen LogP contribution in [-0.2, 0) is 4.79 Å². The minimum Gasteiger partial charge on any atom is -0.408 e. The third kappa shape index (κ3) is 2.36. The molecule has 1 unspecified atom stereocenters. The number of anilines is 1. The van der Waals surface area contributed by atoms with Crippen LogP contribution in [-0.4, -0.2) is 17.9 Å². The van der Waals surface area contributed by atoms with E-state index in [1.54, 1.807) is 32.2 Å². The highest BCUT2D eigenvalue weighted by atomic mass is 16.4. The number of fused-ring (bicyclic) bond motifs is 1. The molecule has 0 saturated heterocycles. The van der Waals surface area contributed by atoms with Gasteiger partial charge >= 0.3 is 5.76 Å². The number of nitrogens with one attached hydrogen (secondary N) is 1. The Morgan fingerprint density at radius 1 is 1.58 bits per heavy atom. The first kappa shape index (κ1) is 12.9. The fourth-order valence-electron chi connectivity index (χ4n) is 1.82. The van der Waals surface area contributed by atoms with E-state index in [-0.39, 0.29) is 5.91 Å². The van der Waals surface area contributed by atoms with Crippen LogP contribution in [0, 0.1) is 17.2 Å². The van der Waals surface area contributed by atoms with Gasteiger partial charge in [0, 0.05) is 18.8 Å². The molecule has 0 saturated carbocycles. The molecule has 6 nitrogen and oxygen atoms in total. The second-order valence-corrected chi connectivity index (χ2v) is 4.18. The number of hydrogen-bond acceptors (Lipinski definition) is 4. The van der Waals surface area contributed by atoms with E-state index in [1.165, 1.54) is 4.90 Å². The number of nitriles is 1. The number of carbonyl (C=O) groups is 1. The molecule has 2 rings (SSSR count). The lowest BCUT2D eigenvalue weighted by Crippen LogP contribution is -2.31. The second kappa shape index (κ2) is 4.98. The Bertz CT molecular complexity index is 708. The van der Waals surface area contributed by atoms with E-state index in [4.69, 9.17) is 9.68 Å². The van der Waals surface area contributed by atoms with Crippen LogP contribution in [0.1, 0.15) is 13.3 Å². The van der Waals surface area contributed by atoms with Gasteiger partial charge in [-0.25, -0.2) is 4.79 Å². The minimum atomic E-state index is -0.668. The van der Waals surface area contributed by atoms with Crippen LogP contribution in [0.5, 0.6) is 0 Å². The van der Waals surface area contributed by atoms with Gasteiger partial charge in [-0.3, -0.25) is 9.78 Å². The van der Waals surface area contributed by atoms with Gasteiger partial charge in [-0.15, -0.1) is 0 Å². The number of nitrogens with zero attached hydrogens (tertiary/aromatic N) is 2. The van der Waals surface area contributed by atoms with Crippen LogP contribution in [0.2, 0.25) is 0 Å². The molecule has 98 valence electrons. The highest BCUT2D eigenvalue weighted by Gasteiger charge is 2.21. The predicted molar refractivity (Wildman–Crippen MR) is 69.6 cm³/mol. The number of benzene rings is 1. The summed E-state index contributed by atoms with van der Waals surface area (Å²) >= 11 is 0. The molecule has 0 aliphatic heterocycles. The molecule has 1 heterocycles. The first-order chi connectivity index (χ1) is 9.06. The van der Waals surface area contributed by atoms with E-state index in [9.17, 15) is 9.59 Å². The number of aromatic amines is 1. The highest BCUT2D eigenvalue weighted by molar-refractivity contribution is 5.97. The van der Waals surface area contributed by atoms with E-state index in [0.29, 0.717) is 23.2 Å². The van der Waals surface area contributed by atoms with Gasteiger partial charge < -0.3 is 9.32 Å². The largest absolute Gasteiger partial charge is 0.417 e. The molecule has 1 aromatic carbocycles. The quantitative estimate of drug-likeness (QED) is 0.907. The number of rotatable bonds is 3. The van der Waals surface area contributed by atoms with Crippen LogP contribution in [0.4, 0.5) is 5.69 Å². The fourth-order valence-corrected chi connectivity index (χ4v) is 1.82. The summed E-state index contributed by atoms with van der Waals surface area (Å²) in [5.41, 5.74) is 1.53. The van der Waals surface area contributed by atoms with Crippen molar-refractivity contribution in [1.29, 1.82) is 5.26 Å². The van der Waals surface area contributed by atoms with Gasteiger partial charge in [-0.1, -0.05) is 6.92 Å². The Balaban J connectivity index is 2.36. The van der Waals surface area contributed by atoms with E-state index in [2.05, 4.69) is 4.98 Å². The summed E-state index contributed by atoms with van der Waals surface area (Å²) in [6.45, 7) is 1.79. The van der Waals surface area contributed by atoms with Crippen LogP contribution >= 0.6 is 0 Å². The SMILES string of the molecule is CCC(C#N)C(=O)N(C)c1ccc2[nH]c(=O)oc2c1. The Labute approximate surface area is 109 Å². The molecular formula is C13H13N3O3. The number of amides is 1. The molecule has 0 spiro atoms. The molecule has 0 bridgehead atoms. The van der Waals surface area contributed by atoms with Gasteiger partial charge in [0.15, 0.2) is 5.58 Å². The van der Waals surface area contributed by atoms with Crippen molar-refractivity contribution in [3.63, 3.8) is 0 Å². The van der Waals surface area contributed by atoms with Gasteiger partial charge in [0.2, 0.25) is 5.91 Å². The van der Waals surface area contributed by atoms with E-state index >= 15 is 0 Å². The lowest BCUT2D eigenvalue weighted by molar-refractivity contribution is -0.120. The number of aromatic nitrogens is 1. The van der Waals surface area contributed by atoms with Crippen LogP contribution in [0.15, 0.2) is 27.4 Å². The van der Waals surface area contributed by atoms with E-state index < -0.39 is 11.7 Å². The zero-order valence-electron chi connectivity index (χ0n) is 10.6. The number of oxazole rings is 1. The van der Waals surface area contributed by atoms with E-state index in [0.717, 1.165) is 0 Å². The van der Waals surface area contributed by atoms with Crippen LogP contribution in [0.3, 0.4) is 0 Å². The Hall–Kier alpha value is -2.55. The summed E-state index contributed by atoms with van der Waals surface area (Å²) in [5, 5.41) is 8.90. The highest BCUT2D eigenvalue weighted by Crippen LogP contribution is 2.21. The monoisotopic (exact) mass is 259 g/mol. The van der Waals surface area contributed by atoms with Gasteiger partial charge in [-0.2, -0.15) is 5.26 Å². The van der Waals surface area contributed by atoms with Crippen molar-refractivity contribution >= 4 is 22.7 Å². The molecule has 0 aliphatic rings. The molecule has 0 radical (unpaired) electrons. The zero-order chi connectivity index (χ0) is 14.0. The van der Waals surface area contributed by atoms with Crippen molar-refractivity contribution in [3.8, 4) is 6.07 Å². The molecule has 0 aliphatic carbocycles. The first-order valence-electron chi connectivity index (χ1n) is 5.87.